The summed E-state index contributed by atoms with van der Waals surface area (Å²) in [7, 11) is -11.8. The Morgan fingerprint density at radius 2 is 1.44 bits per heavy atom. The van der Waals surface area contributed by atoms with Crippen LogP contribution in [-0.4, -0.2) is 44.3 Å². The van der Waals surface area contributed by atoms with E-state index in [2.05, 4.69) is 0 Å². The van der Waals surface area contributed by atoms with Gasteiger partial charge < -0.3 is 0 Å². The first kappa shape index (κ1) is 13.6. The monoisotopic (exact) mass is 289 g/mol. The van der Waals surface area contributed by atoms with Gasteiger partial charge in [-0.2, -0.15) is 17.6 Å². The smallest absolute Gasteiger partial charge is 0.221 e. The Morgan fingerprint density at radius 1 is 1.06 bits per heavy atom. The van der Waals surface area contributed by atoms with Crippen LogP contribution in [0.5, 0.6) is 0 Å². The van der Waals surface area contributed by atoms with E-state index in [0.29, 0.717) is 0 Å². The number of alkyl halides is 5. The van der Waals surface area contributed by atoms with Crippen molar-refractivity contribution in [3.8, 4) is 0 Å². The average Bonchev–Trinajstić information content (AvgIpc) is 2.13. The lowest BCUT2D eigenvalue weighted by atomic mass is 10.4. The quantitative estimate of drug-likeness (QED) is 0.594. The molecule has 0 bridgehead atoms. The molecule has 1 atom stereocenters. The third-order valence-electron chi connectivity index (χ3n) is 1.96. The first-order valence-electron chi connectivity index (χ1n) is 3.43. The Hall–Kier alpha value is -0.490. The second-order valence-electron chi connectivity index (χ2n) is 2.89. The summed E-state index contributed by atoms with van der Waals surface area (Å²) in [5, 5.41) is -5.82. The second-order valence-corrected chi connectivity index (χ2v) is 7.12. The normalized spacial score (nSPS) is 35.8. The minimum Gasteiger partial charge on any atom is -0.221 e. The topological polar surface area (TPSA) is 71.5 Å². The van der Waals surface area contributed by atoms with Gasteiger partial charge in [-0.05, 0) is 0 Å². The Balaban J connectivity index is 3.67. The molecule has 96 valence electrons. The molecule has 1 saturated heterocycles. The molecule has 0 N–H and O–H groups in total. The number of halogens is 5. The molecule has 0 aromatic heterocycles. The van der Waals surface area contributed by atoms with E-state index in [1.54, 1.807) is 0 Å². The fraction of sp³-hybridized carbons (Fsp3) is 1.00. The summed E-state index contributed by atoms with van der Waals surface area (Å²) in [6.45, 7) is 0. The number of rotatable bonds is 0. The fourth-order valence-electron chi connectivity index (χ4n) is 0.920. The second kappa shape index (κ2) is 3.04. The van der Waals surface area contributed by atoms with Gasteiger partial charge in [0.15, 0.2) is 0 Å². The van der Waals surface area contributed by atoms with Gasteiger partial charge in [0.2, 0.25) is 0 Å². The summed E-state index contributed by atoms with van der Waals surface area (Å²) in [6, 6.07) is 0. The van der Waals surface area contributed by atoms with Crippen LogP contribution in [-0.2, 0) is 20.0 Å². The summed E-state index contributed by atoms with van der Waals surface area (Å²) in [5.41, 5.74) is -4.32. The van der Waals surface area contributed by atoms with E-state index in [0.717, 1.165) is 0 Å². The van der Waals surface area contributed by atoms with Crippen molar-refractivity contribution in [1.29, 1.82) is 0 Å². The van der Waals surface area contributed by atoms with Crippen LogP contribution in [0.25, 0.3) is 0 Å². The number of sulfonamides is 2. The van der Waals surface area contributed by atoms with Gasteiger partial charge in [0.1, 0.15) is 0 Å². The van der Waals surface area contributed by atoms with Gasteiger partial charge in [-0.15, -0.1) is 0 Å². The van der Waals surface area contributed by atoms with E-state index in [-0.39, 0.29) is 7.05 Å². The van der Waals surface area contributed by atoms with Crippen LogP contribution >= 0.6 is 0 Å². The van der Waals surface area contributed by atoms with E-state index < -0.39 is 40.4 Å². The van der Waals surface area contributed by atoms with Crippen molar-refractivity contribution in [2.24, 2.45) is 0 Å². The molecule has 1 aliphatic heterocycles. The average molecular weight is 289 g/mol. The number of hydrogen-bond donors (Lipinski definition) is 0. The molecule has 0 amide bonds. The molecular weight excluding hydrogens is 285 g/mol. The standard InChI is InChI=1S/C4H4F5NO4S2/c1-10-15(11,12)2(5)3(6,7)4(8,9)16(10,13)14/h2H,1H3. The zero-order chi connectivity index (χ0) is 13.2. The van der Waals surface area contributed by atoms with Crippen LogP contribution in [0.4, 0.5) is 22.0 Å². The Morgan fingerprint density at radius 3 is 1.81 bits per heavy atom. The molecule has 0 aromatic carbocycles. The van der Waals surface area contributed by atoms with Gasteiger partial charge in [0.25, 0.3) is 25.6 Å². The van der Waals surface area contributed by atoms with Crippen LogP contribution in [0.15, 0.2) is 0 Å². The molecule has 0 spiro atoms. The molecule has 12 heteroatoms. The third-order valence-corrected chi connectivity index (χ3v) is 6.30. The van der Waals surface area contributed by atoms with Gasteiger partial charge in [-0.25, -0.2) is 21.2 Å². The predicted molar refractivity (Wildman–Crippen MR) is 40.4 cm³/mol. The molecule has 0 aromatic rings. The molecule has 5 nitrogen and oxygen atoms in total. The lowest BCUT2D eigenvalue weighted by molar-refractivity contribution is -0.181. The van der Waals surface area contributed by atoms with Crippen molar-refractivity contribution in [3.63, 3.8) is 0 Å². The van der Waals surface area contributed by atoms with Crippen molar-refractivity contribution < 1.29 is 38.8 Å². The molecule has 0 radical (unpaired) electrons. The van der Waals surface area contributed by atoms with E-state index in [1.165, 1.54) is 0 Å². The number of hydrogen-bond acceptors (Lipinski definition) is 4. The largest absolute Gasteiger partial charge is 0.425 e. The van der Waals surface area contributed by atoms with Crippen molar-refractivity contribution in [2.75, 3.05) is 7.05 Å². The van der Waals surface area contributed by atoms with Crippen molar-refractivity contribution >= 4 is 20.0 Å². The minimum atomic E-state index is -6.17. The van der Waals surface area contributed by atoms with Crippen LogP contribution in [0, 0.1) is 0 Å². The summed E-state index contributed by atoms with van der Waals surface area (Å²) in [4.78, 5) is 0. The molecule has 1 unspecified atom stereocenters. The van der Waals surface area contributed by atoms with Crippen LogP contribution in [0.2, 0.25) is 0 Å². The van der Waals surface area contributed by atoms with Crippen LogP contribution in [0.1, 0.15) is 0 Å². The predicted octanol–water partition coefficient (Wildman–Crippen LogP) is 0.115. The molecule has 0 aliphatic carbocycles. The summed E-state index contributed by atoms with van der Waals surface area (Å²) >= 11 is 0. The highest BCUT2D eigenvalue weighted by Gasteiger charge is 2.79. The maximum atomic E-state index is 12.7. The zero-order valence-corrected chi connectivity index (χ0v) is 9.00. The molecule has 16 heavy (non-hydrogen) atoms. The van der Waals surface area contributed by atoms with Crippen LogP contribution < -0.4 is 0 Å². The SMILES string of the molecule is CN1S(=O)(=O)C(F)C(F)(F)C(F)(F)S1(=O)=O. The van der Waals surface area contributed by atoms with E-state index in [1.807, 2.05) is 0 Å². The van der Waals surface area contributed by atoms with Gasteiger partial charge >= 0.3 is 11.2 Å². The van der Waals surface area contributed by atoms with Gasteiger partial charge in [0, 0.05) is 7.05 Å². The summed E-state index contributed by atoms with van der Waals surface area (Å²) in [6.07, 6.45) is 0. The van der Waals surface area contributed by atoms with Crippen molar-refractivity contribution in [2.45, 2.75) is 16.7 Å². The van der Waals surface area contributed by atoms with E-state index >= 15 is 0 Å². The number of nitrogens with zero attached hydrogens (tertiary/aromatic N) is 1. The lowest BCUT2D eigenvalue weighted by Crippen LogP contribution is -2.66. The van der Waals surface area contributed by atoms with Crippen molar-refractivity contribution in [1.82, 2.24) is 3.71 Å². The van der Waals surface area contributed by atoms with Gasteiger partial charge in [-0.3, -0.25) is 0 Å². The summed E-state index contributed by atoms with van der Waals surface area (Å²) in [5.74, 6) is -5.84. The maximum Gasteiger partial charge on any atom is 0.425 e. The Labute approximate surface area is 86.9 Å². The van der Waals surface area contributed by atoms with Crippen molar-refractivity contribution in [3.05, 3.63) is 0 Å². The Kier molecular flexibility index (Phi) is 2.58. The first-order valence-corrected chi connectivity index (χ1v) is 6.37. The van der Waals surface area contributed by atoms with Gasteiger partial charge in [-0.1, -0.05) is 3.71 Å². The highest BCUT2D eigenvalue weighted by atomic mass is 32.3. The van der Waals surface area contributed by atoms with Crippen LogP contribution in [0.3, 0.4) is 0 Å². The maximum absolute atomic E-state index is 12.7. The third kappa shape index (κ3) is 1.23. The molecule has 1 heterocycles. The van der Waals surface area contributed by atoms with Gasteiger partial charge in [0.05, 0.1) is 0 Å². The zero-order valence-electron chi connectivity index (χ0n) is 7.36. The first-order chi connectivity index (χ1) is 6.81. The molecule has 0 saturated carbocycles. The summed E-state index contributed by atoms with van der Waals surface area (Å²) < 4.78 is 105. The molecule has 1 aliphatic rings. The molecule has 1 fully saturated rings. The Bertz CT molecular complexity index is 511. The molecular formula is C4H4F5NO4S2. The van der Waals surface area contributed by atoms with E-state index in [9.17, 15) is 38.8 Å². The minimum absolute atomic E-state index is 0.0559. The highest BCUT2D eigenvalue weighted by Crippen LogP contribution is 2.49. The van der Waals surface area contributed by atoms with E-state index in [4.69, 9.17) is 0 Å². The fourth-order valence-corrected chi connectivity index (χ4v) is 4.15. The molecule has 1 rings (SSSR count). The lowest BCUT2D eigenvalue weighted by Gasteiger charge is -2.36. The highest BCUT2D eigenvalue weighted by molar-refractivity contribution is 8.05.